The van der Waals surface area contributed by atoms with E-state index in [0.29, 0.717) is 34.8 Å². The van der Waals surface area contributed by atoms with Crippen LogP contribution in [0.5, 0.6) is 0 Å². The molecule has 5 nitrogen and oxygen atoms in total. The van der Waals surface area contributed by atoms with Gasteiger partial charge in [0, 0.05) is 18.2 Å². The highest BCUT2D eigenvalue weighted by Gasteiger charge is 2.44. The molecule has 0 aromatic carbocycles. The summed E-state index contributed by atoms with van der Waals surface area (Å²) in [4.78, 5) is 0.334. The van der Waals surface area contributed by atoms with Crippen LogP contribution in [0, 0.1) is 25.7 Å². The number of sulfonamides is 1. The third kappa shape index (κ3) is 3.03. The molecule has 0 saturated heterocycles. The molecule has 0 bridgehead atoms. The van der Waals surface area contributed by atoms with Gasteiger partial charge in [0.1, 0.15) is 16.4 Å². The monoisotopic (exact) mass is 312 g/mol. The second kappa shape index (κ2) is 5.41. The molecule has 2 aliphatic carbocycles. The van der Waals surface area contributed by atoms with E-state index in [1.807, 2.05) is 14.0 Å². The lowest BCUT2D eigenvalue weighted by Gasteiger charge is -2.18. The molecule has 0 amide bonds. The first kappa shape index (κ1) is 15.1. The molecule has 1 aromatic heterocycles. The number of hydrogen-bond acceptors (Lipinski definition) is 4. The van der Waals surface area contributed by atoms with Gasteiger partial charge in [-0.3, -0.25) is 0 Å². The van der Waals surface area contributed by atoms with Gasteiger partial charge in [-0.25, -0.2) is 13.1 Å². The molecule has 2 saturated carbocycles. The van der Waals surface area contributed by atoms with Crippen LogP contribution in [0.15, 0.2) is 9.31 Å². The quantitative estimate of drug-likeness (QED) is 0.808. The molecular formula is C15H24N2O3S. The van der Waals surface area contributed by atoms with Crippen molar-refractivity contribution in [3.8, 4) is 0 Å². The van der Waals surface area contributed by atoms with E-state index in [0.717, 1.165) is 31.2 Å². The molecule has 2 aliphatic rings. The third-order valence-corrected chi connectivity index (χ3v) is 6.15. The van der Waals surface area contributed by atoms with Gasteiger partial charge < -0.3 is 9.73 Å². The largest absolute Gasteiger partial charge is 0.465 e. The zero-order valence-corrected chi connectivity index (χ0v) is 13.7. The van der Waals surface area contributed by atoms with E-state index >= 15 is 0 Å². The molecule has 0 aliphatic heterocycles. The summed E-state index contributed by atoms with van der Waals surface area (Å²) < 4.78 is 34.2. The van der Waals surface area contributed by atoms with Crippen molar-refractivity contribution in [3.63, 3.8) is 0 Å². The fourth-order valence-electron chi connectivity index (χ4n) is 3.17. The average molecular weight is 312 g/mol. The third-order valence-electron chi connectivity index (χ3n) is 4.50. The Morgan fingerprint density at radius 2 is 1.71 bits per heavy atom. The van der Waals surface area contributed by atoms with Gasteiger partial charge in [-0.2, -0.15) is 0 Å². The first-order chi connectivity index (χ1) is 9.94. The van der Waals surface area contributed by atoms with Gasteiger partial charge in [0.05, 0.1) is 0 Å². The van der Waals surface area contributed by atoms with E-state index in [1.54, 1.807) is 6.92 Å². The van der Waals surface area contributed by atoms with Crippen molar-refractivity contribution in [2.45, 2.75) is 57.0 Å². The maximum absolute atomic E-state index is 12.8. The Morgan fingerprint density at radius 1 is 1.14 bits per heavy atom. The maximum atomic E-state index is 12.8. The predicted molar refractivity (Wildman–Crippen MR) is 80.5 cm³/mol. The number of aryl methyl sites for hydroxylation is 2. The van der Waals surface area contributed by atoms with Crippen molar-refractivity contribution < 1.29 is 12.8 Å². The molecule has 1 aromatic rings. The highest BCUT2D eigenvalue weighted by molar-refractivity contribution is 7.89. The van der Waals surface area contributed by atoms with Crippen LogP contribution < -0.4 is 10.0 Å². The van der Waals surface area contributed by atoms with Crippen LogP contribution in [0.3, 0.4) is 0 Å². The lowest BCUT2D eigenvalue weighted by Crippen LogP contribution is -2.38. The predicted octanol–water partition coefficient (Wildman–Crippen LogP) is 2.08. The lowest BCUT2D eigenvalue weighted by molar-refractivity contribution is 0.467. The molecule has 0 spiro atoms. The molecule has 2 fully saturated rings. The molecule has 21 heavy (non-hydrogen) atoms. The van der Waals surface area contributed by atoms with Gasteiger partial charge >= 0.3 is 0 Å². The molecule has 118 valence electrons. The van der Waals surface area contributed by atoms with Gasteiger partial charge in [-0.15, -0.1) is 0 Å². The average Bonchev–Trinajstić information content (AvgIpc) is 3.27. The van der Waals surface area contributed by atoms with Crippen LogP contribution in [-0.2, 0) is 16.6 Å². The zero-order valence-electron chi connectivity index (χ0n) is 12.9. The Hall–Kier alpha value is -0.850. The van der Waals surface area contributed by atoms with Crippen LogP contribution in [0.25, 0.3) is 0 Å². The summed E-state index contributed by atoms with van der Waals surface area (Å²) in [6.45, 7) is 4.04. The smallest absolute Gasteiger partial charge is 0.244 e. The number of rotatable bonds is 7. The molecular weight excluding hydrogens is 288 g/mol. The molecule has 0 radical (unpaired) electrons. The minimum absolute atomic E-state index is 0.118. The van der Waals surface area contributed by atoms with Gasteiger partial charge in [0.15, 0.2) is 0 Å². The highest BCUT2D eigenvalue weighted by atomic mass is 32.2. The van der Waals surface area contributed by atoms with Crippen molar-refractivity contribution >= 4 is 10.0 Å². The van der Waals surface area contributed by atoms with E-state index < -0.39 is 10.0 Å². The highest BCUT2D eigenvalue weighted by Crippen LogP contribution is 2.45. The van der Waals surface area contributed by atoms with Gasteiger partial charge in [0.25, 0.3) is 0 Å². The second-order valence-electron chi connectivity index (χ2n) is 6.37. The van der Waals surface area contributed by atoms with Crippen molar-refractivity contribution in [1.82, 2.24) is 10.0 Å². The van der Waals surface area contributed by atoms with E-state index in [2.05, 4.69) is 10.0 Å². The number of furan rings is 1. The van der Waals surface area contributed by atoms with E-state index in [9.17, 15) is 8.42 Å². The maximum Gasteiger partial charge on any atom is 0.244 e. The van der Waals surface area contributed by atoms with Crippen molar-refractivity contribution in [3.05, 3.63) is 17.1 Å². The summed E-state index contributed by atoms with van der Waals surface area (Å²) in [6, 6.07) is 0.118. The molecule has 3 rings (SSSR count). The van der Waals surface area contributed by atoms with E-state index in [-0.39, 0.29) is 6.04 Å². The van der Waals surface area contributed by atoms with Crippen LogP contribution in [0.1, 0.15) is 42.8 Å². The Morgan fingerprint density at radius 3 is 2.19 bits per heavy atom. The second-order valence-corrected chi connectivity index (χ2v) is 8.03. The Balaban J connectivity index is 1.90. The van der Waals surface area contributed by atoms with E-state index in [4.69, 9.17) is 4.42 Å². The van der Waals surface area contributed by atoms with Crippen LogP contribution in [0.4, 0.5) is 0 Å². The van der Waals surface area contributed by atoms with Gasteiger partial charge in [0.2, 0.25) is 10.0 Å². The zero-order chi connectivity index (χ0) is 15.2. The molecule has 2 N–H and O–H groups in total. The van der Waals surface area contributed by atoms with Crippen LogP contribution in [0.2, 0.25) is 0 Å². The first-order valence-corrected chi connectivity index (χ1v) is 9.18. The van der Waals surface area contributed by atoms with Crippen molar-refractivity contribution in [1.29, 1.82) is 0 Å². The molecule has 0 atom stereocenters. The van der Waals surface area contributed by atoms with Crippen LogP contribution in [-0.4, -0.2) is 21.5 Å². The normalized spacial score (nSPS) is 19.4. The minimum atomic E-state index is -3.52. The molecule has 0 unspecified atom stereocenters. The summed E-state index contributed by atoms with van der Waals surface area (Å²) in [5.74, 6) is 2.23. The van der Waals surface area contributed by atoms with Crippen LogP contribution >= 0.6 is 0 Å². The molecule has 6 heteroatoms. The summed E-state index contributed by atoms with van der Waals surface area (Å²) in [6.07, 6.45) is 4.60. The lowest BCUT2D eigenvalue weighted by atomic mass is 10.1. The fourth-order valence-corrected chi connectivity index (χ4v) is 4.99. The van der Waals surface area contributed by atoms with Crippen molar-refractivity contribution in [2.24, 2.45) is 11.8 Å². The Bertz CT molecular complexity index is 616. The summed E-state index contributed by atoms with van der Waals surface area (Å²) in [7, 11) is -1.71. The SMILES string of the molecule is CNCc1c(C)oc(C)c1S(=O)(=O)NC(C1CC1)C1CC1. The van der Waals surface area contributed by atoms with Gasteiger partial charge in [-0.1, -0.05) is 0 Å². The fraction of sp³-hybridized carbons (Fsp3) is 0.733. The number of hydrogen-bond donors (Lipinski definition) is 2. The Kier molecular flexibility index (Phi) is 3.88. The standard InChI is InChI=1S/C15H24N2O3S/c1-9-13(8-16-3)15(10(2)20-9)21(18,19)17-14(11-4-5-11)12-6-7-12/h11-12,14,16-17H,4-8H2,1-3H3. The van der Waals surface area contributed by atoms with E-state index in [1.165, 1.54) is 0 Å². The topological polar surface area (TPSA) is 71.3 Å². The number of nitrogens with one attached hydrogen (secondary N) is 2. The first-order valence-electron chi connectivity index (χ1n) is 7.70. The summed E-state index contributed by atoms with van der Waals surface area (Å²) >= 11 is 0. The summed E-state index contributed by atoms with van der Waals surface area (Å²) in [5.41, 5.74) is 0.743. The Labute approximate surface area is 126 Å². The van der Waals surface area contributed by atoms with Gasteiger partial charge in [-0.05, 0) is 58.4 Å². The summed E-state index contributed by atoms with van der Waals surface area (Å²) in [5, 5.41) is 3.02. The van der Waals surface area contributed by atoms with Crippen molar-refractivity contribution in [2.75, 3.05) is 7.05 Å². The molecule has 1 heterocycles. The minimum Gasteiger partial charge on any atom is -0.465 e.